The SMILES string of the molecule is CNC(=O)NC(=O)[C@H](c1ccccc1)[NH+]1CCC(c2nc3ccccc3s2)CC1. The van der Waals surface area contributed by atoms with Gasteiger partial charge < -0.3 is 10.2 Å². The molecule has 0 unspecified atom stereocenters. The number of imide groups is 1. The van der Waals surface area contributed by atoms with Gasteiger partial charge in [-0.2, -0.15) is 0 Å². The number of rotatable bonds is 4. The Morgan fingerprint density at radius 3 is 2.45 bits per heavy atom. The van der Waals surface area contributed by atoms with Crippen molar-refractivity contribution in [2.45, 2.75) is 24.8 Å². The van der Waals surface area contributed by atoms with Crippen LogP contribution in [0.3, 0.4) is 0 Å². The van der Waals surface area contributed by atoms with E-state index in [4.69, 9.17) is 4.98 Å². The molecule has 1 aliphatic rings. The Morgan fingerprint density at radius 1 is 1.07 bits per heavy atom. The third-order valence-corrected chi connectivity index (χ3v) is 6.75. The van der Waals surface area contributed by atoms with Crippen LogP contribution in [0.25, 0.3) is 10.2 Å². The predicted molar refractivity (Wildman–Crippen MR) is 114 cm³/mol. The number of nitrogens with one attached hydrogen (secondary N) is 3. The molecule has 7 heteroatoms. The molecule has 1 aliphatic heterocycles. The number of amides is 3. The van der Waals surface area contributed by atoms with E-state index in [2.05, 4.69) is 22.8 Å². The highest BCUT2D eigenvalue weighted by Crippen LogP contribution is 2.32. The van der Waals surface area contributed by atoms with Gasteiger partial charge in [-0.3, -0.25) is 10.1 Å². The van der Waals surface area contributed by atoms with Crippen molar-refractivity contribution in [1.82, 2.24) is 15.6 Å². The summed E-state index contributed by atoms with van der Waals surface area (Å²) in [6.07, 6.45) is 1.96. The molecule has 0 saturated carbocycles. The zero-order valence-electron chi connectivity index (χ0n) is 16.4. The second-order valence-electron chi connectivity index (χ2n) is 7.36. The third kappa shape index (κ3) is 4.31. The van der Waals surface area contributed by atoms with Crippen LogP contribution in [0.5, 0.6) is 0 Å². The number of carbonyl (C=O) groups excluding carboxylic acids is 2. The maximum atomic E-state index is 12.9. The number of likely N-dealkylation sites (tertiary alicyclic amines) is 1. The molecule has 4 rings (SSSR count). The summed E-state index contributed by atoms with van der Waals surface area (Å²) in [5, 5.41) is 6.12. The van der Waals surface area contributed by atoms with Crippen molar-refractivity contribution in [3.63, 3.8) is 0 Å². The van der Waals surface area contributed by atoms with Gasteiger partial charge in [0.05, 0.1) is 28.3 Å². The topological polar surface area (TPSA) is 75.5 Å². The lowest BCUT2D eigenvalue weighted by Gasteiger charge is -2.33. The highest BCUT2D eigenvalue weighted by atomic mass is 32.1. The summed E-state index contributed by atoms with van der Waals surface area (Å²) in [6.45, 7) is 1.72. The highest BCUT2D eigenvalue weighted by molar-refractivity contribution is 7.18. The van der Waals surface area contributed by atoms with Gasteiger partial charge in [0.15, 0.2) is 6.04 Å². The number of fused-ring (bicyclic) bond motifs is 1. The van der Waals surface area contributed by atoms with Crippen LogP contribution in [0.1, 0.15) is 35.4 Å². The van der Waals surface area contributed by atoms with E-state index in [-0.39, 0.29) is 5.91 Å². The van der Waals surface area contributed by atoms with Crippen molar-refractivity contribution in [3.05, 3.63) is 65.2 Å². The summed E-state index contributed by atoms with van der Waals surface area (Å²) in [4.78, 5) is 30.6. The predicted octanol–water partition coefficient (Wildman–Crippen LogP) is 2.26. The third-order valence-electron chi connectivity index (χ3n) is 5.55. The fourth-order valence-electron chi connectivity index (χ4n) is 4.05. The molecule has 6 nitrogen and oxygen atoms in total. The van der Waals surface area contributed by atoms with E-state index < -0.39 is 12.1 Å². The van der Waals surface area contributed by atoms with Gasteiger partial charge in [-0.15, -0.1) is 11.3 Å². The fraction of sp³-hybridized carbons (Fsp3) is 0.318. The zero-order chi connectivity index (χ0) is 20.2. The molecule has 1 saturated heterocycles. The first kappa shape index (κ1) is 19.5. The first-order chi connectivity index (χ1) is 14.2. The van der Waals surface area contributed by atoms with E-state index in [0.29, 0.717) is 5.92 Å². The molecule has 1 aromatic heterocycles. The number of piperidine rings is 1. The van der Waals surface area contributed by atoms with Crippen LogP contribution in [-0.2, 0) is 4.79 Å². The average Bonchev–Trinajstić information content (AvgIpc) is 3.19. The zero-order valence-corrected chi connectivity index (χ0v) is 17.2. The normalized spacial score (nSPS) is 20.2. The lowest BCUT2D eigenvalue weighted by Crippen LogP contribution is -3.14. The monoisotopic (exact) mass is 409 g/mol. The number of hydrogen-bond acceptors (Lipinski definition) is 4. The van der Waals surface area contributed by atoms with Gasteiger partial charge in [0, 0.05) is 31.4 Å². The quantitative estimate of drug-likeness (QED) is 0.619. The molecule has 1 atom stereocenters. The smallest absolute Gasteiger partial charge is 0.321 e. The van der Waals surface area contributed by atoms with Crippen molar-refractivity contribution in [2.75, 3.05) is 20.1 Å². The number of carbonyl (C=O) groups is 2. The van der Waals surface area contributed by atoms with Crippen LogP contribution < -0.4 is 15.5 Å². The maximum Gasteiger partial charge on any atom is 0.321 e. The standard InChI is InChI=1S/C22H24N4O2S/c1-23-22(28)25-20(27)19(15-7-3-2-4-8-15)26-13-11-16(12-14-26)21-24-17-9-5-6-10-18(17)29-21/h2-10,16,19H,11-14H2,1H3,(H2,23,25,27,28)/p+1/t19-/m0/s1. The summed E-state index contributed by atoms with van der Waals surface area (Å²) in [5.41, 5.74) is 2.00. The number of urea groups is 1. The van der Waals surface area contributed by atoms with Gasteiger partial charge in [0.1, 0.15) is 0 Å². The summed E-state index contributed by atoms with van der Waals surface area (Å²) in [5.74, 6) is 0.165. The molecule has 3 N–H and O–H groups in total. The second kappa shape index (κ2) is 8.71. The summed E-state index contributed by atoms with van der Waals surface area (Å²) in [6, 6.07) is 17.1. The molecule has 0 spiro atoms. The molecule has 2 heterocycles. The molecule has 2 aromatic carbocycles. The Labute approximate surface area is 173 Å². The minimum absolute atomic E-state index is 0.260. The number of benzene rings is 2. The van der Waals surface area contributed by atoms with Gasteiger partial charge in [-0.1, -0.05) is 42.5 Å². The van der Waals surface area contributed by atoms with E-state index in [1.54, 1.807) is 11.3 Å². The number of quaternary nitrogens is 1. The van der Waals surface area contributed by atoms with E-state index >= 15 is 0 Å². The average molecular weight is 410 g/mol. The van der Waals surface area contributed by atoms with Crippen molar-refractivity contribution in [3.8, 4) is 0 Å². The van der Waals surface area contributed by atoms with Gasteiger partial charge >= 0.3 is 6.03 Å². The fourth-order valence-corrected chi connectivity index (χ4v) is 5.19. The number of aromatic nitrogens is 1. The minimum Gasteiger partial charge on any atom is -0.341 e. The maximum absolute atomic E-state index is 12.9. The Kier molecular flexibility index (Phi) is 5.87. The lowest BCUT2D eigenvalue weighted by molar-refractivity contribution is -0.927. The van der Waals surface area contributed by atoms with Crippen molar-refractivity contribution >= 4 is 33.5 Å². The Morgan fingerprint density at radius 2 is 1.76 bits per heavy atom. The van der Waals surface area contributed by atoms with E-state index in [1.807, 2.05) is 42.5 Å². The Hall–Kier alpha value is -2.77. The van der Waals surface area contributed by atoms with Crippen molar-refractivity contribution in [1.29, 1.82) is 0 Å². The summed E-state index contributed by atoms with van der Waals surface area (Å²) < 4.78 is 1.23. The molecular formula is C22H25N4O2S+. The van der Waals surface area contributed by atoms with Crippen LogP contribution >= 0.6 is 11.3 Å². The van der Waals surface area contributed by atoms with Crippen LogP contribution in [0.15, 0.2) is 54.6 Å². The molecular weight excluding hydrogens is 384 g/mol. The van der Waals surface area contributed by atoms with E-state index in [9.17, 15) is 9.59 Å². The molecule has 0 radical (unpaired) electrons. The molecule has 3 aromatic rings. The molecule has 150 valence electrons. The Balaban J connectivity index is 1.50. The molecule has 1 fully saturated rings. The molecule has 0 aliphatic carbocycles. The number of hydrogen-bond donors (Lipinski definition) is 3. The summed E-state index contributed by atoms with van der Waals surface area (Å²) in [7, 11) is 1.51. The largest absolute Gasteiger partial charge is 0.341 e. The first-order valence-corrected chi connectivity index (χ1v) is 10.7. The van der Waals surface area contributed by atoms with E-state index in [0.717, 1.165) is 37.0 Å². The van der Waals surface area contributed by atoms with Crippen molar-refractivity contribution < 1.29 is 14.5 Å². The first-order valence-electron chi connectivity index (χ1n) is 9.93. The van der Waals surface area contributed by atoms with Crippen LogP contribution in [0.2, 0.25) is 0 Å². The van der Waals surface area contributed by atoms with Crippen LogP contribution in [0.4, 0.5) is 4.79 Å². The molecule has 3 amide bonds. The van der Waals surface area contributed by atoms with Gasteiger partial charge in [0.2, 0.25) is 0 Å². The number of nitrogens with zero attached hydrogens (tertiary/aromatic N) is 1. The second-order valence-corrected chi connectivity index (χ2v) is 8.43. The van der Waals surface area contributed by atoms with Crippen LogP contribution in [0, 0.1) is 0 Å². The summed E-state index contributed by atoms with van der Waals surface area (Å²) >= 11 is 1.77. The Bertz CT molecular complexity index is 963. The molecule has 0 bridgehead atoms. The lowest BCUT2D eigenvalue weighted by atomic mass is 9.94. The van der Waals surface area contributed by atoms with Crippen molar-refractivity contribution in [2.24, 2.45) is 0 Å². The van der Waals surface area contributed by atoms with Gasteiger partial charge in [-0.25, -0.2) is 9.78 Å². The van der Waals surface area contributed by atoms with Gasteiger partial charge in [0.25, 0.3) is 5.91 Å². The highest BCUT2D eigenvalue weighted by Gasteiger charge is 2.36. The number of para-hydroxylation sites is 1. The number of thiazole rings is 1. The van der Waals surface area contributed by atoms with Crippen LogP contribution in [-0.4, -0.2) is 37.1 Å². The van der Waals surface area contributed by atoms with Gasteiger partial charge in [-0.05, 0) is 12.1 Å². The minimum atomic E-state index is -0.473. The van der Waals surface area contributed by atoms with E-state index in [1.165, 1.54) is 21.7 Å². The molecule has 29 heavy (non-hydrogen) atoms.